The highest BCUT2D eigenvalue weighted by molar-refractivity contribution is 6.34. The Morgan fingerprint density at radius 2 is 1.83 bits per heavy atom. The van der Waals surface area contributed by atoms with Gasteiger partial charge < -0.3 is 5.32 Å². The quantitative estimate of drug-likeness (QED) is 0.479. The molecule has 0 saturated heterocycles. The van der Waals surface area contributed by atoms with Crippen molar-refractivity contribution in [3.63, 3.8) is 0 Å². The van der Waals surface area contributed by atoms with Crippen molar-refractivity contribution in [2.75, 3.05) is 11.9 Å². The number of nitrogens with zero attached hydrogens (tertiary/aromatic N) is 1. The van der Waals surface area contributed by atoms with Crippen LogP contribution in [0.25, 0.3) is 0 Å². The van der Waals surface area contributed by atoms with Gasteiger partial charge in [0.15, 0.2) is 0 Å². The lowest BCUT2D eigenvalue weighted by molar-refractivity contribution is -0.465. The molecule has 1 aliphatic carbocycles. The average Bonchev–Trinajstić information content (AvgIpc) is 2.80. The number of amides is 1. The van der Waals surface area contributed by atoms with Crippen LogP contribution in [0.15, 0.2) is 18.2 Å². The molecule has 0 bridgehead atoms. The molecule has 2 rings (SSSR count). The molecule has 0 unspecified atom stereocenters. The van der Waals surface area contributed by atoms with Crippen molar-refractivity contribution in [3.05, 3.63) is 38.9 Å². The van der Waals surface area contributed by atoms with Crippen molar-refractivity contribution in [1.29, 1.82) is 0 Å². The molecule has 1 saturated carbocycles. The predicted molar refractivity (Wildman–Crippen MR) is 91.9 cm³/mol. The van der Waals surface area contributed by atoms with Gasteiger partial charge in [0.05, 0.1) is 5.02 Å². The number of anilines is 1. The van der Waals surface area contributed by atoms with Crippen molar-refractivity contribution in [1.82, 2.24) is 0 Å². The monoisotopic (exact) mass is 352 g/mol. The summed E-state index contributed by atoms with van der Waals surface area (Å²) >= 11 is 6.01. The Hall–Kier alpha value is -1.95. The molecule has 6 nitrogen and oxygen atoms in total. The van der Waals surface area contributed by atoms with Gasteiger partial charge in [-0.25, -0.2) is 0 Å². The Labute approximate surface area is 145 Å². The third-order valence-electron chi connectivity index (χ3n) is 5.54. The summed E-state index contributed by atoms with van der Waals surface area (Å²) in [6, 6.07) is 4.37. The zero-order valence-corrected chi connectivity index (χ0v) is 14.9. The molecule has 0 aliphatic heterocycles. The Balaban J connectivity index is 2.01. The highest BCUT2D eigenvalue weighted by Crippen LogP contribution is 2.69. The van der Waals surface area contributed by atoms with E-state index in [1.165, 1.54) is 18.2 Å². The van der Waals surface area contributed by atoms with Crippen LogP contribution >= 0.6 is 11.6 Å². The molecular weight excluding hydrogens is 332 g/mol. The standard InChI is InChI=1S/C17H21ClN2O4/c1-16(2)14(17(16,3)4)8-15(22)19-10-5-6-11(12(18)7-10)13(21)9-20(23)24/h5-7,14H,8-9H2,1-4H3,(H,19,22). The first kappa shape index (κ1) is 18.4. The number of rotatable bonds is 6. The second-order valence-electron chi connectivity index (χ2n) is 7.36. The Morgan fingerprint density at radius 3 is 2.29 bits per heavy atom. The lowest BCUT2D eigenvalue weighted by atomic mass is 10.0. The summed E-state index contributed by atoms with van der Waals surface area (Å²) in [6.45, 7) is 7.79. The van der Waals surface area contributed by atoms with E-state index in [-0.39, 0.29) is 27.3 Å². The van der Waals surface area contributed by atoms with Gasteiger partial charge in [-0.3, -0.25) is 19.7 Å². The van der Waals surface area contributed by atoms with E-state index >= 15 is 0 Å². The number of hydrogen-bond acceptors (Lipinski definition) is 4. The summed E-state index contributed by atoms with van der Waals surface area (Å²) in [4.78, 5) is 33.6. The lowest BCUT2D eigenvalue weighted by Crippen LogP contribution is -2.16. The molecule has 0 aromatic heterocycles. The molecule has 1 N–H and O–H groups in total. The molecule has 1 aliphatic rings. The van der Waals surface area contributed by atoms with Crippen LogP contribution in [0.5, 0.6) is 0 Å². The third kappa shape index (κ3) is 3.43. The normalized spacial score (nSPS) is 18.0. The molecule has 0 atom stereocenters. The highest BCUT2D eigenvalue weighted by atomic mass is 35.5. The fourth-order valence-electron chi connectivity index (χ4n) is 3.26. The van der Waals surface area contributed by atoms with Crippen LogP contribution in [0.4, 0.5) is 5.69 Å². The molecule has 1 aromatic carbocycles. The maximum absolute atomic E-state index is 12.2. The van der Waals surface area contributed by atoms with Crippen LogP contribution in [0.2, 0.25) is 5.02 Å². The number of hydrogen-bond donors (Lipinski definition) is 1. The van der Waals surface area contributed by atoms with E-state index < -0.39 is 17.3 Å². The van der Waals surface area contributed by atoms with Crippen molar-refractivity contribution in [2.45, 2.75) is 34.1 Å². The molecule has 1 amide bonds. The van der Waals surface area contributed by atoms with E-state index in [9.17, 15) is 19.7 Å². The molecule has 0 heterocycles. The van der Waals surface area contributed by atoms with Crippen LogP contribution in [-0.2, 0) is 4.79 Å². The van der Waals surface area contributed by atoms with Gasteiger partial charge in [-0.1, -0.05) is 39.3 Å². The summed E-state index contributed by atoms with van der Waals surface area (Å²) in [5, 5.41) is 13.3. The zero-order valence-electron chi connectivity index (χ0n) is 14.2. The first-order chi connectivity index (χ1) is 11.0. The average molecular weight is 353 g/mol. The molecule has 24 heavy (non-hydrogen) atoms. The van der Waals surface area contributed by atoms with E-state index in [2.05, 4.69) is 33.0 Å². The second-order valence-corrected chi connectivity index (χ2v) is 7.76. The minimum atomic E-state index is -0.808. The molecule has 1 fully saturated rings. The van der Waals surface area contributed by atoms with Gasteiger partial charge in [-0.15, -0.1) is 0 Å². The van der Waals surface area contributed by atoms with E-state index in [4.69, 9.17) is 11.6 Å². The number of nitro groups is 1. The van der Waals surface area contributed by atoms with Gasteiger partial charge in [0, 0.05) is 22.6 Å². The largest absolute Gasteiger partial charge is 0.326 e. The Kier molecular flexibility index (Phi) is 4.72. The van der Waals surface area contributed by atoms with Crippen molar-refractivity contribution in [3.8, 4) is 0 Å². The highest BCUT2D eigenvalue weighted by Gasteiger charge is 2.64. The maximum Gasteiger partial charge on any atom is 0.265 e. The zero-order chi connectivity index (χ0) is 18.3. The topological polar surface area (TPSA) is 89.3 Å². The van der Waals surface area contributed by atoms with Crippen LogP contribution in [0, 0.1) is 26.9 Å². The number of halogens is 1. The van der Waals surface area contributed by atoms with Gasteiger partial charge in [-0.05, 0) is 34.9 Å². The summed E-state index contributed by atoms with van der Waals surface area (Å²) in [5.74, 6) is -0.468. The number of ketones is 1. The SMILES string of the molecule is CC1(C)C(CC(=O)Nc2ccc(C(=O)C[N+](=O)[O-])c(Cl)c2)C1(C)C. The Bertz CT molecular complexity index is 699. The van der Waals surface area contributed by atoms with E-state index in [1.54, 1.807) is 0 Å². The number of benzene rings is 1. The Morgan fingerprint density at radius 1 is 1.25 bits per heavy atom. The second kappa shape index (κ2) is 6.16. The van der Waals surface area contributed by atoms with Crippen LogP contribution in [0.3, 0.4) is 0 Å². The molecule has 7 heteroatoms. The summed E-state index contributed by atoms with van der Waals surface area (Å²) in [6.07, 6.45) is 0.416. The first-order valence-corrected chi connectivity index (χ1v) is 8.09. The van der Waals surface area contributed by atoms with Crippen LogP contribution in [-0.4, -0.2) is 23.2 Å². The van der Waals surface area contributed by atoms with Crippen molar-refractivity contribution >= 4 is 29.0 Å². The van der Waals surface area contributed by atoms with E-state index in [0.717, 1.165) is 0 Å². The third-order valence-corrected chi connectivity index (χ3v) is 5.85. The van der Waals surface area contributed by atoms with Crippen LogP contribution < -0.4 is 5.32 Å². The minimum absolute atomic E-state index is 0.0795. The summed E-state index contributed by atoms with van der Waals surface area (Å²) in [5.41, 5.74) is 0.802. The number of carbonyl (C=O) groups is 2. The predicted octanol–water partition coefficient (Wildman–Crippen LogP) is 3.81. The van der Waals surface area contributed by atoms with Gasteiger partial charge in [0.1, 0.15) is 0 Å². The number of nitrogens with one attached hydrogen (secondary N) is 1. The fourth-order valence-corrected chi connectivity index (χ4v) is 3.55. The summed E-state index contributed by atoms with van der Waals surface area (Å²) in [7, 11) is 0. The lowest BCUT2D eigenvalue weighted by Gasteiger charge is -2.08. The van der Waals surface area contributed by atoms with Gasteiger partial charge in [-0.2, -0.15) is 0 Å². The maximum atomic E-state index is 12.2. The van der Waals surface area contributed by atoms with Crippen molar-refractivity contribution < 1.29 is 14.5 Å². The van der Waals surface area contributed by atoms with Crippen molar-refractivity contribution in [2.24, 2.45) is 16.7 Å². The molecule has 130 valence electrons. The number of Topliss-reactive ketones (excluding diaryl/α,β-unsaturated/α-hetero) is 1. The van der Waals surface area contributed by atoms with E-state index in [1.807, 2.05) is 0 Å². The molecule has 0 radical (unpaired) electrons. The molecule has 0 spiro atoms. The van der Waals surface area contributed by atoms with Gasteiger partial charge in [0.2, 0.25) is 11.7 Å². The molecular formula is C17H21ClN2O4. The molecule has 1 aromatic rings. The fraction of sp³-hybridized carbons (Fsp3) is 0.529. The van der Waals surface area contributed by atoms with Crippen LogP contribution in [0.1, 0.15) is 44.5 Å². The first-order valence-electron chi connectivity index (χ1n) is 7.71. The smallest absolute Gasteiger partial charge is 0.265 e. The van der Waals surface area contributed by atoms with Gasteiger partial charge in [0.25, 0.3) is 6.54 Å². The minimum Gasteiger partial charge on any atom is -0.326 e. The summed E-state index contributed by atoms with van der Waals surface area (Å²) < 4.78 is 0. The van der Waals surface area contributed by atoms with E-state index in [0.29, 0.717) is 18.0 Å². The number of carbonyl (C=O) groups excluding carboxylic acids is 2. The van der Waals surface area contributed by atoms with Gasteiger partial charge >= 0.3 is 0 Å².